The first-order valence-corrected chi connectivity index (χ1v) is 5.77. The summed E-state index contributed by atoms with van der Waals surface area (Å²) >= 11 is 0. The van der Waals surface area contributed by atoms with Gasteiger partial charge < -0.3 is 21.7 Å². The van der Waals surface area contributed by atoms with Gasteiger partial charge >= 0.3 is 23.1 Å². The summed E-state index contributed by atoms with van der Waals surface area (Å²) in [5.41, 5.74) is 2.77. The molecule has 3 heteroatoms. The van der Waals surface area contributed by atoms with Gasteiger partial charge in [-0.05, 0) is 0 Å². The number of hydrogen-bond acceptors (Lipinski definition) is 1. The van der Waals surface area contributed by atoms with Crippen molar-refractivity contribution in [3.05, 3.63) is 29.3 Å². The van der Waals surface area contributed by atoms with Crippen molar-refractivity contribution in [3.8, 4) is 5.75 Å². The van der Waals surface area contributed by atoms with Crippen molar-refractivity contribution in [1.29, 1.82) is 0 Å². The zero-order valence-corrected chi connectivity index (χ0v) is 15.6. The molecule has 0 amide bonds. The molecule has 18 heavy (non-hydrogen) atoms. The van der Waals surface area contributed by atoms with Crippen LogP contribution in [0.2, 0.25) is 0 Å². The Hall–Kier alpha value is 0.266. The molecule has 0 atom stereocenters. The number of benzene rings is 1. The van der Waals surface area contributed by atoms with E-state index < -0.39 is 0 Å². The van der Waals surface area contributed by atoms with Crippen LogP contribution in [-0.4, -0.2) is 30.2 Å². The Bertz CT molecular complexity index is 375. The summed E-state index contributed by atoms with van der Waals surface area (Å²) in [5, 5.41) is 0. The fourth-order valence-corrected chi connectivity index (χ4v) is 1.64. The second-order valence-electron chi connectivity index (χ2n) is 6.34. The molecule has 0 bridgehead atoms. The SMILES string of the molecule is COc1[c-]cc(C(C)(C)C)cc1C(C)(C)C.[Br-].[Mg+2]. The third-order valence-electron chi connectivity index (χ3n) is 2.78. The molecule has 1 aromatic carbocycles. The van der Waals surface area contributed by atoms with Crippen LogP contribution < -0.4 is 21.7 Å². The molecule has 0 fully saturated rings. The molecule has 0 saturated carbocycles. The molecule has 1 rings (SSSR count). The van der Waals surface area contributed by atoms with E-state index in [1.54, 1.807) is 7.11 Å². The van der Waals surface area contributed by atoms with Gasteiger partial charge in [0.2, 0.25) is 0 Å². The Morgan fingerprint density at radius 3 is 1.83 bits per heavy atom. The van der Waals surface area contributed by atoms with Crippen LogP contribution in [0.5, 0.6) is 5.75 Å². The standard InChI is InChI=1S/C15H23O.BrH.Mg/c1-14(2,3)11-8-9-13(16-7)12(10-11)15(4,5)6;;/h8,10H,1-7H3;1H;/q-1;;+2/p-1. The van der Waals surface area contributed by atoms with Crippen molar-refractivity contribution in [3.63, 3.8) is 0 Å². The van der Waals surface area contributed by atoms with Gasteiger partial charge in [-0.25, -0.2) is 0 Å². The summed E-state index contributed by atoms with van der Waals surface area (Å²) < 4.78 is 5.38. The summed E-state index contributed by atoms with van der Waals surface area (Å²) in [6.45, 7) is 13.3. The summed E-state index contributed by atoms with van der Waals surface area (Å²) in [5.74, 6) is 0.862. The monoisotopic (exact) mass is 322 g/mol. The molecule has 0 aliphatic rings. The maximum absolute atomic E-state index is 5.38. The second-order valence-corrected chi connectivity index (χ2v) is 6.34. The van der Waals surface area contributed by atoms with E-state index in [9.17, 15) is 0 Å². The van der Waals surface area contributed by atoms with Gasteiger partial charge in [0.15, 0.2) is 0 Å². The Morgan fingerprint density at radius 2 is 1.50 bits per heavy atom. The fraction of sp³-hybridized carbons (Fsp3) is 0.600. The number of methoxy groups -OCH3 is 1. The van der Waals surface area contributed by atoms with Crippen LogP contribution in [-0.2, 0) is 10.8 Å². The van der Waals surface area contributed by atoms with Crippen LogP contribution in [0.25, 0.3) is 0 Å². The third kappa shape index (κ3) is 5.10. The van der Waals surface area contributed by atoms with Gasteiger partial charge in [0.1, 0.15) is 0 Å². The number of rotatable bonds is 1. The minimum atomic E-state index is 0. The van der Waals surface area contributed by atoms with E-state index in [0.29, 0.717) is 0 Å². The van der Waals surface area contributed by atoms with Gasteiger partial charge in [-0.2, -0.15) is 17.7 Å². The van der Waals surface area contributed by atoms with Crippen molar-refractivity contribution < 1.29 is 21.7 Å². The average Bonchev–Trinajstić information content (AvgIpc) is 2.14. The first-order valence-electron chi connectivity index (χ1n) is 5.77. The van der Waals surface area contributed by atoms with E-state index in [1.807, 2.05) is 6.07 Å². The molecular weight excluding hydrogens is 300 g/mol. The molecule has 0 spiro atoms. The van der Waals surface area contributed by atoms with Gasteiger partial charge in [0.05, 0.1) is 7.11 Å². The van der Waals surface area contributed by atoms with Gasteiger partial charge in [0.25, 0.3) is 0 Å². The zero-order chi connectivity index (χ0) is 12.6. The molecule has 1 nitrogen and oxygen atoms in total. The van der Waals surface area contributed by atoms with E-state index >= 15 is 0 Å². The van der Waals surface area contributed by atoms with Gasteiger partial charge in [-0.15, -0.1) is 11.6 Å². The minimum Gasteiger partial charge on any atom is -1.00 e. The Labute approximate surface area is 139 Å². The maximum Gasteiger partial charge on any atom is 2.00 e. The smallest absolute Gasteiger partial charge is 1.00 e. The Morgan fingerprint density at radius 1 is 1.00 bits per heavy atom. The second kappa shape index (κ2) is 7.16. The molecule has 98 valence electrons. The zero-order valence-electron chi connectivity index (χ0n) is 12.6. The van der Waals surface area contributed by atoms with Crippen LogP contribution in [0.1, 0.15) is 52.7 Å². The minimum absolute atomic E-state index is 0. The molecule has 0 radical (unpaired) electrons. The molecule has 0 aliphatic carbocycles. The van der Waals surface area contributed by atoms with Crippen molar-refractivity contribution in [1.82, 2.24) is 0 Å². The van der Waals surface area contributed by atoms with E-state index in [1.165, 1.54) is 11.1 Å². The number of hydrogen-bond donors (Lipinski definition) is 0. The van der Waals surface area contributed by atoms with Crippen LogP contribution in [0.3, 0.4) is 0 Å². The molecule has 0 heterocycles. The largest absolute Gasteiger partial charge is 2.00 e. The van der Waals surface area contributed by atoms with E-state index in [-0.39, 0.29) is 50.9 Å². The summed E-state index contributed by atoms with van der Waals surface area (Å²) in [6.07, 6.45) is 0. The van der Waals surface area contributed by atoms with Gasteiger partial charge in [-0.3, -0.25) is 0 Å². The number of halogens is 1. The molecule has 0 aromatic heterocycles. The number of ether oxygens (including phenoxy) is 1. The Kier molecular flexibility index (Phi) is 8.18. The summed E-state index contributed by atoms with van der Waals surface area (Å²) in [4.78, 5) is 0. The molecule has 0 unspecified atom stereocenters. The van der Waals surface area contributed by atoms with Gasteiger partial charge in [-0.1, -0.05) is 52.4 Å². The molecule has 0 aliphatic heterocycles. The van der Waals surface area contributed by atoms with Crippen molar-refractivity contribution in [2.75, 3.05) is 7.11 Å². The summed E-state index contributed by atoms with van der Waals surface area (Å²) in [7, 11) is 1.71. The van der Waals surface area contributed by atoms with Crippen LogP contribution in [0.15, 0.2) is 12.1 Å². The molecule has 0 saturated heterocycles. The van der Waals surface area contributed by atoms with E-state index in [2.05, 4.69) is 53.7 Å². The van der Waals surface area contributed by atoms with E-state index in [4.69, 9.17) is 4.74 Å². The third-order valence-corrected chi connectivity index (χ3v) is 2.78. The average molecular weight is 324 g/mol. The summed E-state index contributed by atoms with van der Waals surface area (Å²) in [6, 6.07) is 7.53. The predicted molar refractivity (Wildman–Crippen MR) is 75.0 cm³/mol. The van der Waals surface area contributed by atoms with Crippen LogP contribution in [0.4, 0.5) is 0 Å². The predicted octanol–water partition coefficient (Wildman–Crippen LogP) is 0.714. The van der Waals surface area contributed by atoms with Crippen molar-refractivity contribution in [2.45, 2.75) is 52.4 Å². The van der Waals surface area contributed by atoms with Crippen molar-refractivity contribution in [2.24, 2.45) is 0 Å². The topological polar surface area (TPSA) is 9.23 Å². The molecule has 0 N–H and O–H groups in total. The van der Waals surface area contributed by atoms with Crippen LogP contribution in [0, 0.1) is 6.07 Å². The van der Waals surface area contributed by atoms with Crippen LogP contribution >= 0.6 is 0 Å². The van der Waals surface area contributed by atoms with E-state index in [0.717, 1.165) is 5.75 Å². The quantitative estimate of drug-likeness (QED) is 0.546. The fourth-order valence-electron chi connectivity index (χ4n) is 1.64. The van der Waals surface area contributed by atoms with Crippen molar-refractivity contribution >= 4 is 23.1 Å². The normalized spacial score (nSPS) is 11.3. The Balaban J connectivity index is 0. The maximum atomic E-state index is 5.38. The van der Waals surface area contributed by atoms with Gasteiger partial charge in [0, 0.05) is 5.75 Å². The molecule has 1 aromatic rings. The molecular formula is C15H23BrMgO. The first kappa shape index (κ1) is 20.6. The first-order chi connectivity index (χ1) is 7.16.